The van der Waals surface area contributed by atoms with Gasteiger partial charge in [0.2, 0.25) is 0 Å². The van der Waals surface area contributed by atoms with E-state index in [0.29, 0.717) is 11.4 Å². The molecule has 0 unspecified atom stereocenters. The van der Waals surface area contributed by atoms with Gasteiger partial charge in [0.05, 0.1) is 6.20 Å². The number of benzene rings is 1. The number of amides is 1. The molecule has 2 aromatic heterocycles. The van der Waals surface area contributed by atoms with E-state index in [1.54, 1.807) is 0 Å². The van der Waals surface area contributed by atoms with Crippen LogP contribution in [0.4, 0.5) is 20.2 Å². The van der Waals surface area contributed by atoms with Crippen LogP contribution in [-0.4, -0.2) is 34.1 Å². The molecule has 0 bridgehead atoms. The number of carbonyl (C=O) groups is 1. The van der Waals surface area contributed by atoms with Gasteiger partial charge in [0.1, 0.15) is 11.3 Å². The number of halogens is 2. The van der Waals surface area contributed by atoms with Crippen LogP contribution in [0.1, 0.15) is 58.9 Å². The third-order valence-electron chi connectivity index (χ3n) is 5.68. The fraction of sp³-hybridized carbons (Fsp3) is 0.381. The Morgan fingerprint density at radius 1 is 1.28 bits per heavy atom. The van der Waals surface area contributed by atoms with Crippen LogP contribution < -0.4 is 10.2 Å². The summed E-state index contributed by atoms with van der Waals surface area (Å²) >= 11 is 0. The molecule has 1 amide bonds. The second-order valence-electron chi connectivity index (χ2n) is 7.80. The van der Waals surface area contributed by atoms with Gasteiger partial charge in [-0.15, -0.1) is 0 Å². The number of nitrogens with zero attached hydrogens (tertiary/aromatic N) is 4. The lowest BCUT2D eigenvalue weighted by molar-refractivity contribution is 0.102. The van der Waals surface area contributed by atoms with Crippen LogP contribution in [0, 0.1) is 0 Å². The SMILES string of the molecule is CN1CCCc2ccc(NC(=O)c3cnn4c(C(F)F)cc(C5CC5)nc34)cc21. The summed E-state index contributed by atoms with van der Waals surface area (Å²) in [6.45, 7) is 0.975. The summed E-state index contributed by atoms with van der Waals surface area (Å²) in [4.78, 5) is 19.6. The van der Waals surface area contributed by atoms with Crippen LogP contribution in [0.25, 0.3) is 5.65 Å². The highest BCUT2D eigenvalue weighted by molar-refractivity contribution is 6.08. The average molecular weight is 397 g/mol. The first-order chi connectivity index (χ1) is 14.0. The number of hydrogen-bond acceptors (Lipinski definition) is 4. The third kappa shape index (κ3) is 3.22. The Labute approximate surface area is 166 Å². The van der Waals surface area contributed by atoms with Gasteiger partial charge in [-0.1, -0.05) is 6.07 Å². The van der Waals surface area contributed by atoms with Gasteiger partial charge < -0.3 is 10.2 Å². The van der Waals surface area contributed by atoms with Gasteiger partial charge in [-0.3, -0.25) is 4.79 Å². The maximum atomic E-state index is 13.5. The number of aromatic nitrogens is 3. The molecule has 0 saturated heterocycles. The Bertz CT molecular complexity index is 1110. The predicted octanol–water partition coefficient (Wildman–Crippen LogP) is 4.18. The molecule has 0 spiro atoms. The largest absolute Gasteiger partial charge is 0.374 e. The predicted molar refractivity (Wildman–Crippen MR) is 106 cm³/mol. The van der Waals surface area contributed by atoms with Gasteiger partial charge in [-0.25, -0.2) is 18.3 Å². The van der Waals surface area contributed by atoms with E-state index < -0.39 is 12.3 Å². The number of alkyl halides is 2. The van der Waals surface area contributed by atoms with Crippen molar-refractivity contribution in [3.05, 3.63) is 53.0 Å². The van der Waals surface area contributed by atoms with Crippen molar-refractivity contribution in [1.82, 2.24) is 14.6 Å². The van der Waals surface area contributed by atoms with E-state index in [0.717, 1.165) is 42.4 Å². The van der Waals surface area contributed by atoms with E-state index in [-0.39, 0.29) is 22.8 Å². The lowest BCUT2D eigenvalue weighted by atomic mass is 10.0. The molecular weight excluding hydrogens is 376 g/mol. The quantitative estimate of drug-likeness (QED) is 0.718. The lowest BCUT2D eigenvalue weighted by Crippen LogP contribution is -2.24. The van der Waals surface area contributed by atoms with Crippen LogP contribution in [0.5, 0.6) is 0 Å². The molecule has 6 nitrogen and oxygen atoms in total. The van der Waals surface area contributed by atoms with Gasteiger partial charge >= 0.3 is 0 Å². The molecule has 1 aliphatic carbocycles. The molecule has 0 radical (unpaired) electrons. The second kappa shape index (κ2) is 6.79. The van der Waals surface area contributed by atoms with E-state index in [1.165, 1.54) is 17.8 Å². The molecule has 0 atom stereocenters. The van der Waals surface area contributed by atoms with E-state index in [1.807, 2.05) is 25.2 Å². The monoisotopic (exact) mass is 397 g/mol. The number of aryl methyl sites for hydroxylation is 1. The Balaban J connectivity index is 1.49. The van der Waals surface area contributed by atoms with Crippen molar-refractivity contribution >= 4 is 22.9 Å². The summed E-state index contributed by atoms with van der Waals surface area (Å²) in [6, 6.07) is 7.25. The Morgan fingerprint density at radius 2 is 2.10 bits per heavy atom. The number of hydrogen-bond donors (Lipinski definition) is 1. The number of fused-ring (bicyclic) bond motifs is 2. The first kappa shape index (κ1) is 18.0. The molecule has 8 heteroatoms. The number of rotatable bonds is 4. The number of nitrogens with one attached hydrogen (secondary N) is 1. The molecule has 29 heavy (non-hydrogen) atoms. The van der Waals surface area contributed by atoms with Crippen molar-refractivity contribution < 1.29 is 13.6 Å². The summed E-state index contributed by atoms with van der Waals surface area (Å²) in [7, 11) is 2.03. The molecule has 1 aromatic carbocycles. The average Bonchev–Trinajstić information content (AvgIpc) is 3.47. The first-order valence-corrected chi connectivity index (χ1v) is 9.83. The standard InChI is InChI=1S/C21H21F2N5O/c1-27-8-2-3-13-6-7-14(9-17(13)27)25-21(29)15-11-24-28-18(19(22)23)10-16(12-4-5-12)26-20(15)28/h6-7,9-12,19H,2-5,8H2,1H3,(H,25,29). The van der Waals surface area contributed by atoms with Crippen molar-refractivity contribution in [3.8, 4) is 0 Å². The molecule has 2 aliphatic rings. The van der Waals surface area contributed by atoms with E-state index in [4.69, 9.17) is 0 Å². The van der Waals surface area contributed by atoms with E-state index >= 15 is 0 Å². The van der Waals surface area contributed by atoms with Crippen LogP contribution in [0.3, 0.4) is 0 Å². The highest BCUT2D eigenvalue weighted by Crippen LogP contribution is 2.40. The zero-order valence-electron chi connectivity index (χ0n) is 16.0. The minimum atomic E-state index is -2.69. The molecule has 1 N–H and O–H groups in total. The van der Waals surface area contributed by atoms with Gasteiger partial charge in [0, 0.05) is 36.6 Å². The Hall–Kier alpha value is -3.03. The zero-order valence-corrected chi connectivity index (χ0v) is 16.0. The highest BCUT2D eigenvalue weighted by atomic mass is 19.3. The normalized spacial score (nSPS) is 16.3. The summed E-state index contributed by atoms with van der Waals surface area (Å²) in [5.41, 5.74) is 3.77. The fourth-order valence-corrected chi connectivity index (χ4v) is 3.94. The van der Waals surface area contributed by atoms with Crippen molar-refractivity contribution in [2.45, 2.75) is 38.0 Å². The van der Waals surface area contributed by atoms with E-state index in [2.05, 4.69) is 20.3 Å². The van der Waals surface area contributed by atoms with E-state index in [9.17, 15) is 13.6 Å². The Morgan fingerprint density at radius 3 is 2.86 bits per heavy atom. The molecule has 150 valence electrons. The van der Waals surface area contributed by atoms with Crippen LogP contribution in [-0.2, 0) is 6.42 Å². The van der Waals surface area contributed by atoms with Crippen molar-refractivity contribution in [2.75, 3.05) is 23.8 Å². The molecule has 1 fully saturated rings. The minimum absolute atomic E-state index is 0.178. The van der Waals surface area contributed by atoms with Crippen molar-refractivity contribution in [2.24, 2.45) is 0 Å². The maximum Gasteiger partial charge on any atom is 0.280 e. The molecular formula is C21H21F2N5O. The van der Waals surface area contributed by atoms with Gasteiger partial charge in [-0.2, -0.15) is 5.10 Å². The maximum absolute atomic E-state index is 13.5. The van der Waals surface area contributed by atoms with Crippen LogP contribution in [0.15, 0.2) is 30.5 Å². The summed E-state index contributed by atoms with van der Waals surface area (Å²) < 4.78 is 28.1. The molecule has 1 saturated carbocycles. The smallest absolute Gasteiger partial charge is 0.280 e. The van der Waals surface area contributed by atoms with Gasteiger partial charge in [0.15, 0.2) is 5.65 Å². The fourth-order valence-electron chi connectivity index (χ4n) is 3.94. The van der Waals surface area contributed by atoms with Gasteiger partial charge in [0.25, 0.3) is 12.3 Å². The molecule has 1 aliphatic heterocycles. The second-order valence-corrected chi connectivity index (χ2v) is 7.80. The molecule has 3 heterocycles. The molecule has 5 rings (SSSR count). The highest BCUT2D eigenvalue weighted by Gasteiger charge is 2.29. The number of anilines is 2. The lowest BCUT2D eigenvalue weighted by Gasteiger charge is -2.28. The summed E-state index contributed by atoms with van der Waals surface area (Å²) in [6.07, 6.45) is 2.62. The van der Waals surface area contributed by atoms with Gasteiger partial charge in [-0.05, 0) is 49.4 Å². The summed E-state index contributed by atoms with van der Waals surface area (Å²) in [5.74, 6) is -0.210. The molecule has 3 aromatic rings. The number of carbonyl (C=O) groups excluding carboxylic acids is 1. The van der Waals surface area contributed by atoms with Crippen LogP contribution >= 0.6 is 0 Å². The third-order valence-corrected chi connectivity index (χ3v) is 5.68. The van der Waals surface area contributed by atoms with Crippen molar-refractivity contribution in [1.29, 1.82) is 0 Å². The summed E-state index contributed by atoms with van der Waals surface area (Å²) in [5, 5.41) is 6.88. The Kier molecular flexibility index (Phi) is 4.22. The van der Waals surface area contributed by atoms with Crippen LogP contribution in [0.2, 0.25) is 0 Å². The minimum Gasteiger partial charge on any atom is -0.374 e. The topological polar surface area (TPSA) is 62.5 Å². The zero-order chi connectivity index (χ0) is 20.1. The van der Waals surface area contributed by atoms with Crippen molar-refractivity contribution in [3.63, 3.8) is 0 Å². The first-order valence-electron chi connectivity index (χ1n) is 9.83.